The summed E-state index contributed by atoms with van der Waals surface area (Å²) in [6, 6.07) is 0. The van der Waals surface area contributed by atoms with E-state index in [0.29, 0.717) is 24.2 Å². The standard InChI is InChI=1S/C30H54O3/c1-22(2)13-10-16-25(7)19-29(28(21-31)27(9)18-12-15-24(5)6)33-30(32)20-26(8)17-11-14-23(3)4/h13-15,25-29,31H,10-12,16-21H2,1-9H3/t25-,26-,27-,28?,29?/m1/s1. The average molecular weight is 463 g/mol. The van der Waals surface area contributed by atoms with E-state index in [9.17, 15) is 9.90 Å². The first kappa shape index (κ1) is 31.6. The molecule has 33 heavy (non-hydrogen) atoms. The molecule has 0 bridgehead atoms. The third-order valence-corrected chi connectivity index (χ3v) is 6.45. The Balaban J connectivity index is 5.20. The molecule has 1 N–H and O–H groups in total. The van der Waals surface area contributed by atoms with Crippen LogP contribution in [0.15, 0.2) is 34.9 Å². The second kappa shape index (κ2) is 18.0. The second-order valence-electron chi connectivity index (χ2n) is 11.1. The average Bonchev–Trinajstić information content (AvgIpc) is 2.67. The number of rotatable bonds is 17. The minimum atomic E-state index is -0.226. The van der Waals surface area contributed by atoms with E-state index in [0.717, 1.165) is 44.9 Å². The van der Waals surface area contributed by atoms with Crippen LogP contribution in [0, 0.1) is 23.7 Å². The van der Waals surface area contributed by atoms with Crippen molar-refractivity contribution >= 4 is 5.97 Å². The van der Waals surface area contributed by atoms with Gasteiger partial charge in [-0.1, -0.05) is 55.7 Å². The van der Waals surface area contributed by atoms with Gasteiger partial charge in [-0.05, 0) is 104 Å². The fourth-order valence-electron chi connectivity index (χ4n) is 4.25. The molecule has 0 aliphatic rings. The Morgan fingerprint density at radius 2 is 1.21 bits per heavy atom. The lowest BCUT2D eigenvalue weighted by Gasteiger charge is -2.32. The molecular weight excluding hydrogens is 408 g/mol. The highest BCUT2D eigenvalue weighted by atomic mass is 16.5. The van der Waals surface area contributed by atoms with E-state index in [1.807, 2.05) is 0 Å². The molecule has 0 aliphatic heterocycles. The van der Waals surface area contributed by atoms with Gasteiger partial charge in [-0.2, -0.15) is 0 Å². The zero-order valence-electron chi connectivity index (χ0n) is 23.2. The van der Waals surface area contributed by atoms with Crippen LogP contribution in [-0.2, 0) is 9.53 Å². The van der Waals surface area contributed by atoms with Gasteiger partial charge in [0.05, 0.1) is 0 Å². The van der Waals surface area contributed by atoms with Gasteiger partial charge in [0.2, 0.25) is 0 Å². The third kappa shape index (κ3) is 16.8. The smallest absolute Gasteiger partial charge is 0.306 e. The number of carbonyl (C=O) groups is 1. The molecule has 3 nitrogen and oxygen atoms in total. The molecule has 0 spiro atoms. The van der Waals surface area contributed by atoms with Crippen molar-refractivity contribution in [2.45, 2.75) is 120 Å². The van der Waals surface area contributed by atoms with Crippen LogP contribution in [0.2, 0.25) is 0 Å². The van der Waals surface area contributed by atoms with Crippen LogP contribution in [0.25, 0.3) is 0 Å². The third-order valence-electron chi connectivity index (χ3n) is 6.45. The van der Waals surface area contributed by atoms with Crippen LogP contribution in [0.1, 0.15) is 114 Å². The van der Waals surface area contributed by atoms with E-state index in [-0.39, 0.29) is 24.6 Å². The Labute approximate surface area is 205 Å². The monoisotopic (exact) mass is 462 g/mol. The van der Waals surface area contributed by atoms with Gasteiger partial charge in [-0.15, -0.1) is 0 Å². The highest BCUT2D eigenvalue weighted by Crippen LogP contribution is 2.29. The number of hydrogen-bond acceptors (Lipinski definition) is 3. The molecule has 192 valence electrons. The molecule has 5 atom stereocenters. The van der Waals surface area contributed by atoms with Crippen molar-refractivity contribution in [3.05, 3.63) is 34.9 Å². The lowest BCUT2D eigenvalue weighted by atomic mass is 9.82. The summed E-state index contributed by atoms with van der Waals surface area (Å²) in [6.45, 7) is 19.3. The number of hydrogen-bond donors (Lipinski definition) is 1. The highest BCUT2D eigenvalue weighted by molar-refractivity contribution is 5.69. The second-order valence-corrected chi connectivity index (χ2v) is 11.1. The number of aliphatic hydroxyl groups excluding tert-OH is 1. The fourth-order valence-corrected chi connectivity index (χ4v) is 4.25. The van der Waals surface area contributed by atoms with Gasteiger partial charge in [0.15, 0.2) is 0 Å². The molecule has 0 saturated carbocycles. The van der Waals surface area contributed by atoms with Crippen LogP contribution in [0.5, 0.6) is 0 Å². The van der Waals surface area contributed by atoms with Crippen molar-refractivity contribution in [3.8, 4) is 0 Å². The molecule has 0 fully saturated rings. The summed E-state index contributed by atoms with van der Waals surface area (Å²) in [6.07, 6.45) is 13.9. The SMILES string of the molecule is CC(C)=CCC[C@@H](C)CC(=O)OC(C[C@H](C)CCC=C(C)C)C(CO)[C@H](C)CCC=C(C)C. The summed E-state index contributed by atoms with van der Waals surface area (Å²) in [5.74, 6) is 0.894. The Kier molecular flexibility index (Phi) is 17.3. The molecule has 0 radical (unpaired) electrons. The predicted octanol–water partition coefficient (Wildman–Crippen LogP) is 8.43. The molecular formula is C30H54O3. The van der Waals surface area contributed by atoms with Crippen molar-refractivity contribution < 1.29 is 14.6 Å². The minimum Gasteiger partial charge on any atom is -0.462 e. The zero-order chi connectivity index (χ0) is 25.4. The first-order chi connectivity index (χ1) is 15.5. The van der Waals surface area contributed by atoms with Gasteiger partial charge >= 0.3 is 5.97 Å². The van der Waals surface area contributed by atoms with Crippen molar-refractivity contribution in [2.24, 2.45) is 23.7 Å². The maximum atomic E-state index is 12.9. The molecule has 0 heterocycles. The Hall–Kier alpha value is -1.35. The van der Waals surface area contributed by atoms with Crippen LogP contribution in [0.3, 0.4) is 0 Å². The van der Waals surface area contributed by atoms with Crippen LogP contribution < -0.4 is 0 Å². The van der Waals surface area contributed by atoms with Gasteiger partial charge in [0.25, 0.3) is 0 Å². The van der Waals surface area contributed by atoms with Gasteiger partial charge in [-0.25, -0.2) is 0 Å². The van der Waals surface area contributed by atoms with Gasteiger partial charge in [0.1, 0.15) is 6.10 Å². The van der Waals surface area contributed by atoms with E-state index in [4.69, 9.17) is 4.74 Å². The molecule has 0 amide bonds. The van der Waals surface area contributed by atoms with Crippen molar-refractivity contribution in [1.82, 2.24) is 0 Å². The van der Waals surface area contributed by atoms with Gasteiger partial charge in [-0.3, -0.25) is 4.79 Å². The van der Waals surface area contributed by atoms with Crippen LogP contribution in [0.4, 0.5) is 0 Å². The van der Waals surface area contributed by atoms with E-state index in [2.05, 4.69) is 80.5 Å². The lowest BCUT2D eigenvalue weighted by molar-refractivity contribution is -0.156. The normalized spacial score (nSPS) is 15.6. The van der Waals surface area contributed by atoms with Crippen molar-refractivity contribution in [3.63, 3.8) is 0 Å². The molecule has 2 unspecified atom stereocenters. The van der Waals surface area contributed by atoms with Gasteiger partial charge in [0, 0.05) is 18.9 Å². The Morgan fingerprint density at radius 1 is 0.758 bits per heavy atom. The lowest BCUT2D eigenvalue weighted by Crippen LogP contribution is -2.35. The molecule has 0 saturated heterocycles. The quantitative estimate of drug-likeness (QED) is 0.174. The van der Waals surface area contributed by atoms with E-state index < -0.39 is 0 Å². The maximum absolute atomic E-state index is 12.9. The number of esters is 1. The first-order valence-corrected chi connectivity index (χ1v) is 13.2. The molecule has 0 aromatic heterocycles. The molecule has 3 heteroatoms. The molecule has 0 aromatic carbocycles. The minimum absolute atomic E-state index is 0.0219. The highest BCUT2D eigenvalue weighted by Gasteiger charge is 2.30. The van der Waals surface area contributed by atoms with E-state index in [1.54, 1.807) is 0 Å². The Morgan fingerprint density at radius 3 is 1.67 bits per heavy atom. The van der Waals surface area contributed by atoms with E-state index in [1.165, 1.54) is 16.7 Å². The first-order valence-electron chi connectivity index (χ1n) is 13.2. The number of carbonyl (C=O) groups excluding carboxylic acids is 1. The topological polar surface area (TPSA) is 46.5 Å². The molecule has 0 aromatic rings. The largest absolute Gasteiger partial charge is 0.462 e. The summed E-state index contributed by atoms with van der Waals surface area (Å²) in [5.41, 5.74) is 3.98. The Bertz CT molecular complexity index is 616. The predicted molar refractivity (Wildman–Crippen MR) is 143 cm³/mol. The maximum Gasteiger partial charge on any atom is 0.306 e. The van der Waals surface area contributed by atoms with Crippen molar-refractivity contribution in [1.29, 1.82) is 0 Å². The van der Waals surface area contributed by atoms with Gasteiger partial charge < -0.3 is 9.84 Å². The van der Waals surface area contributed by atoms with E-state index >= 15 is 0 Å². The summed E-state index contributed by atoms with van der Waals surface area (Å²) >= 11 is 0. The van der Waals surface area contributed by atoms with Crippen LogP contribution >= 0.6 is 0 Å². The molecule has 0 rings (SSSR count). The fraction of sp³-hybridized carbons (Fsp3) is 0.767. The van der Waals surface area contributed by atoms with Crippen molar-refractivity contribution in [2.75, 3.05) is 6.61 Å². The number of ether oxygens (including phenoxy) is 1. The number of aliphatic hydroxyl groups is 1. The summed E-state index contributed by atoms with van der Waals surface area (Å²) in [4.78, 5) is 12.9. The zero-order valence-corrected chi connectivity index (χ0v) is 23.2. The number of allylic oxidation sites excluding steroid dienone is 6. The summed E-state index contributed by atoms with van der Waals surface area (Å²) in [7, 11) is 0. The summed E-state index contributed by atoms with van der Waals surface area (Å²) < 4.78 is 6.10. The summed E-state index contributed by atoms with van der Waals surface area (Å²) in [5, 5.41) is 10.3. The molecule has 0 aliphatic carbocycles. The van der Waals surface area contributed by atoms with Crippen LogP contribution in [-0.4, -0.2) is 23.8 Å².